The Bertz CT molecular complexity index is 331. The van der Waals surface area contributed by atoms with Crippen molar-refractivity contribution in [3.8, 4) is 0 Å². The smallest absolute Gasteiger partial charge is 0.0376 e. The van der Waals surface area contributed by atoms with Crippen LogP contribution in [0.2, 0.25) is 0 Å². The summed E-state index contributed by atoms with van der Waals surface area (Å²) in [5, 5.41) is 3.38. The fourth-order valence-corrected chi connectivity index (χ4v) is 1.89. The van der Waals surface area contributed by atoms with Crippen LogP contribution in [0.3, 0.4) is 0 Å². The maximum absolute atomic E-state index is 5.88. The second-order valence-corrected chi connectivity index (χ2v) is 4.42. The lowest BCUT2D eigenvalue weighted by Crippen LogP contribution is -2.35. The van der Waals surface area contributed by atoms with E-state index in [9.17, 15) is 0 Å². The molecule has 1 heterocycles. The van der Waals surface area contributed by atoms with E-state index in [0.29, 0.717) is 5.92 Å². The second kappa shape index (κ2) is 3.62. The number of nitrogens with two attached hydrogens (primary N) is 1. The third-order valence-electron chi connectivity index (χ3n) is 2.84. The van der Waals surface area contributed by atoms with E-state index in [2.05, 4.69) is 37.4 Å². The largest absolute Gasteiger partial charge is 0.383 e. The van der Waals surface area contributed by atoms with Crippen molar-refractivity contribution >= 4 is 5.69 Å². The van der Waals surface area contributed by atoms with Gasteiger partial charge in [0.25, 0.3) is 0 Å². The molecule has 0 saturated carbocycles. The summed E-state index contributed by atoms with van der Waals surface area (Å²) >= 11 is 0. The summed E-state index contributed by atoms with van der Waals surface area (Å²) in [7, 11) is 0. The molecule has 14 heavy (non-hydrogen) atoms. The molecular weight excluding hydrogens is 172 g/mol. The minimum absolute atomic E-state index is 0.271. The topological polar surface area (TPSA) is 38.0 Å². The average Bonchev–Trinajstić information content (AvgIpc) is 2.16. The number of nitrogens with one attached hydrogen (secondary N) is 1. The minimum Gasteiger partial charge on any atom is -0.383 e. The van der Waals surface area contributed by atoms with Gasteiger partial charge >= 0.3 is 0 Å². The average molecular weight is 190 g/mol. The van der Waals surface area contributed by atoms with E-state index >= 15 is 0 Å². The van der Waals surface area contributed by atoms with E-state index in [1.54, 1.807) is 0 Å². The van der Waals surface area contributed by atoms with E-state index in [-0.39, 0.29) is 6.04 Å². The highest BCUT2D eigenvalue weighted by molar-refractivity contribution is 5.56. The van der Waals surface area contributed by atoms with Gasteiger partial charge in [0.1, 0.15) is 0 Å². The maximum Gasteiger partial charge on any atom is 0.0376 e. The second-order valence-electron chi connectivity index (χ2n) is 4.42. The molecule has 1 aromatic rings. The minimum atomic E-state index is 0.271. The highest BCUT2D eigenvalue weighted by Crippen LogP contribution is 2.25. The van der Waals surface area contributed by atoms with Crippen LogP contribution >= 0.6 is 0 Å². The van der Waals surface area contributed by atoms with E-state index in [4.69, 9.17) is 5.73 Å². The van der Waals surface area contributed by atoms with Crippen LogP contribution in [0.25, 0.3) is 0 Å². The lowest BCUT2D eigenvalue weighted by Gasteiger charge is -2.24. The van der Waals surface area contributed by atoms with Gasteiger partial charge in [-0.3, -0.25) is 0 Å². The van der Waals surface area contributed by atoms with Gasteiger partial charge in [-0.05, 0) is 29.5 Å². The fourth-order valence-electron chi connectivity index (χ4n) is 1.89. The zero-order chi connectivity index (χ0) is 10.1. The van der Waals surface area contributed by atoms with Crippen molar-refractivity contribution in [2.45, 2.75) is 32.2 Å². The quantitative estimate of drug-likeness (QED) is 0.711. The molecule has 0 bridgehead atoms. The van der Waals surface area contributed by atoms with Gasteiger partial charge in [0.15, 0.2) is 0 Å². The predicted octanol–water partition coefficient (Wildman–Crippen LogP) is 2.11. The Morgan fingerprint density at radius 1 is 1.43 bits per heavy atom. The number of fused-ring (bicyclic) bond motifs is 1. The van der Waals surface area contributed by atoms with Crippen LogP contribution in [-0.2, 0) is 6.42 Å². The molecule has 0 fully saturated rings. The normalized spacial score (nSPS) is 20.4. The first-order valence-electron chi connectivity index (χ1n) is 5.29. The van der Waals surface area contributed by atoms with Crippen molar-refractivity contribution in [1.82, 2.24) is 0 Å². The van der Waals surface area contributed by atoms with Crippen molar-refractivity contribution < 1.29 is 0 Å². The van der Waals surface area contributed by atoms with E-state index in [1.807, 2.05) is 0 Å². The van der Waals surface area contributed by atoms with Crippen LogP contribution in [-0.4, -0.2) is 12.6 Å². The third kappa shape index (κ3) is 1.75. The Hall–Kier alpha value is -1.02. The highest BCUT2D eigenvalue weighted by Gasteiger charge is 2.15. The Kier molecular flexibility index (Phi) is 2.46. The molecule has 0 aromatic heterocycles. The summed E-state index contributed by atoms with van der Waals surface area (Å²) in [4.78, 5) is 0. The van der Waals surface area contributed by atoms with Crippen molar-refractivity contribution in [1.29, 1.82) is 0 Å². The number of benzene rings is 1. The van der Waals surface area contributed by atoms with Gasteiger partial charge in [-0.1, -0.05) is 26.0 Å². The first-order chi connectivity index (χ1) is 6.66. The van der Waals surface area contributed by atoms with Crippen LogP contribution in [0.15, 0.2) is 18.2 Å². The molecule has 2 nitrogen and oxygen atoms in total. The summed E-state index contributed by atoms with van der Waals surface area (Å²) in [6, 6.07) is 6.94. The molecule has 1 unspecified atom stereocenters. The van der Waals surface area contributed by atoms with Crippen molar-refractivity contribution in [2.24, 2.45) is 5.73 Å². The number of rotatable bonds is 1. The lowest BCUT2D eigenvalue weighted by atomic mass is 9.95. The zero-order valence-electron chi connectivity index (χ0n) is 8.88. The van der Waals surface area contributed by atoms with E-state index in [1.165, 1.54) is 16.8 Å². The van der Waals surface area contributed by atoms with Gasteiger partial charge in [-0.2, -0.15) is 0 Å². The van der Waals surface area contributed by atoms with Gasteiger partial charge in [-0.15, -0.1) is 0 Å². The van der Waals surface area contributed by atoms with Crippen molar-refractivity contribution in [2.75, 3.05) is 11.9 Å². The van der Waals surface area contributed by atoms with Gasteiger partial charge < -0.3 is 11.1 Å². The Labute approximate surface area is 85.5 Å². The number of hydrogen-bond donors (Lipinski definition) is 2. The predicted molar refractivity (Wildman–Crippen MR) is 60.7 cm³/mol. The van der Waals surface area contributed by atoms with Gasteiger partial charge in [-0.25, -0.2) is 0 Å². The Balaban J connectivity index is 2.31. The zero-order valence-corrected chi connectivity index (χ0v) is 8.88. The summed E-state index contributed by atoms with van der Waals surface area (Å²) in [6.45, 7) is 5.33. The summed E-state index contributed by atoms with van der Waals surface area (Å²) < 4.78 is 0. The van der Waals surface area contributed by atoms with Gasteiger partial charge in [0, 0.05) is 18.3 Å². The summed E-state index contributed by atoms with van der Waals surface area (Å²) in [5.41, 5.74) is 9.91. The molecule has 0 radical (unpaired) electrons. The van der Waals surface area contributed by atoms with Gasteiger partial charge in [0.05, 0.1) is 0 Å². The fraction of sp³-hybridized carbons (Fsp3) is 0.500. The highest BCUT2D eigenvalue weighted by atomic mass is 14.9. The molecule has 3 N–H and O–H groups in total. The van der Waals surface area contributed by atoms with Crippen molar-refractivity contribution in [3.05, 3.63) is 29.3 Å². The van der Waals surface area contributed by atoms with Crippen LogP contribution in [0, 0.1) is 0 Å². The molecule has 76 valence electrons. The molecule has 1 aliphatic heterocycles. The van der Waals surface area contributed by atoms with Crippen LogP contribution in [0.4, 0.5) is 5.69 Å². The molecule has 0 amide bonds. The van der Waals surface area contributed by atoms with E-state index < -0.39 is 0 Å². The lowest BCUT2D eigenvalue weighted by molar-refractivity contribution is 0.678. The molecule has 2 heteroatoms. The van der Waals surface area contributed by atoms with Crippen LogP contribution < -0.4 is 11.1 Å². The monoisotopic (exact) mass is 190 g/mol. The number of hydrogen-bond acceptors (Lipinski definition) is 2. The molecule has 0 aliphatic carbocycles. The third-order valence-corrected chi connectivity index (χ3v) is 2.84. The molecular formula is C12H18N2. The van der Waals surface area contributed by atoms with Crippen LogP contribution in [0.5, 0.6) is 0 Å². The number of anilines is 1. The first kappa shape index (κ1) is 9.53. The molecule has 1 aliphatic rings. The SMILES string of the molecule is CC(C)c1ccc2c(c1)NCC(N)C2. The van der Waals surface area contributed by atoms with E-state index in [0.717, 1.165) is 13.0 Å². The Morgan fingerprint density at radius 2 is 2.21 bits per heavy atom. The maximum atomic E-state index is 5.88. The molecule has 0 spiro atoms. The van der Waals surface area contributed by atoms with Crippen molar-refractivity contribution in [3.63, 3.8) is 0 Å². The molecule has 2 rings (SSSR count). The van der Waals surface area contributed by atoms with Crippen LogP contribution in [0.1, 0.15) is 30.9 Å². The summed E-state index contributed by atoms with van der Waals surface area (Å²) in [5.74, 6) is 0.595. The molecule has 0 saturated heterocycles. The molecule has 1 atom stereocenters. The molecule has 1 aromatic carbocycles. The van der Waals surface area contributed by atoms with Gasteiger partial charge in [0.2, 0.25) is 0 Å². The standard InChI is InChI=1S/C12H18N2/c1-8(2)9-3-4-10-5-11(13)7-14-12(10)6-9/h3-4,6,8,11,14H,5,7,13H2,1-2H3. The summed E-state index contributed by atoms with van der Waals surface area (Å²) in [6.07, 6.45) is 1.00. The first-order valence-corrected chi connectivity index (χ1v) is 5.29. The Morgan fingerprint density at radius 3 is 2.93 bits per heavy atom.